The third-order valence-corrected chi connectivity index (χ3v) is 5.32. The van der Waals surface area contributed by atoms with Gasteiger partial charge in [-0.3, -0.25) is 9.00 Å². The van der Waals surface area contributed by atoms with Crippen LogP contribution in [0.3, 0.4) is 0 Å². The van der Waals surface area contributed by atoms with Crippen molar-refractivity contribution >= 4 is 16.7 Å². The summed E-state index contributed by atoms with van der Waals surface area (Å²) >= 11 is 0. The fourth-order valence-corrected chi connectivity index (χ4v) is 4.05. The Kier molecular flexibility index (Phi) is 4.38. The fourth-order valence-electron chi connectivity index (χ4n) is 2.72. The highest BCUT2D eigenvalue weighted by atomic mass is 32.2. The molecule has 1 aliphatic heterocycles. The SMILES string of the molecule is C[C@H]1CN(C(=O)c2ccnn2-c2ccccc2)CC[S@](=O)C1. The highest BCUT2D eigenvalue weighted by Gasteiger charge is 2.25. The summed E-state index contributed by atoms with van der Waals surface area (Å²) < 4.78 is 13.5. The average molecular weight is 317 g/mol. The van der Waals surface area contributed by atoms with Crippen LogP contribution >= 0.6 is 0 Å². The van der Waals surface area contributed by atoms with Gasteiger partial charge in [-0.25, -0.2) is 4.68 Å². The van der Waals surface area contributed by atoms with E-state index in [0.29, 0.717) is 30.3 Å². The molecule has 1 aromatic carbocycles. The van der Waals surface area contributed by atoms with E-state index in [1.165, 1.54) is 0 Å². The monoisotopic (exact) mass is 317 g/mol. The largest absolute Gasteiger partial charge is 0.336 e. The van der Waals surface area contributed by atoms with Crippen LogP contribution in [0.5, 0.6) is 0 Å². The Balaban J connectivity index is 1.87. The number of rotatable bonds is 2. The first-order chi connectivity index (χ1) is 10.6. The molecule has 116 valence electrons. The van der Waals surface area contributed by atoms with E-state index in [4.69, 9.17) is 0 Å². The summed E-state index contributed by atoms with van der Waals surface area (Å²) in [6.07, 6.45) is 1.64. The van der Waals surface area contributed by atoms with Crippen molar-refractivity contribution in [2.24, 2.45) is 5.92 Å². The van der Waals surface area contributed by atoms with E-state index in [1.54, 1.807) is 21.8 Å². The van der Waals surface area contributed by atoms with Gasteiger partial charge in [-0.15, -0.1) is 0 Å². The molecule has 22 heavy (non-hydrogen) atoms. The Morgan fingerprint density at radius 3 is 2.82 bits per heavy atom. The lowest BCUT2D eigenvalue weighted by molar-refractivity contribution is 0.0742. The van der Waals surface area contributed by atoms with Gasteiger partial charge in [-0.1, -0.05) is 25.1 Å². The zero-order valence-electron chi connectivity index (χ0n) is 12.5. The molecule has 0 aliphatic carbocycles. The van der Waals surface area contributed by atoms with Gasteiger partial charge in [-0.2, -0.15) is 5.10 Å². The quantitative estimate of drug-likeness (QED) is 0.847. The first-order valence-electron chi connectivity index (χ1n) is 7.39. The van der Waals surface area contributed by atoms with E-state index in [0.717, 1.165) is 5.69 Å². The molecule has 1 aliphatic rings. The third-order valence-electron chi connectivity index (χ3n) is 3.74. The highest BCUT2D eigenvalue weighted by molar-refractivity contribution is 7.85. The second-order valence-electron chi connectivity index (χ2n) is 5.63. The van der Waals surface area contributed by atoms with E-state index in [-0.39, 0.29) is 11.8 Å². The molecule has 5 nitrogen and oxygen atoms in total. The summed E-state index contributed by atoms with van der Waals surface area (Å²) in [6, 6.07) is 11.3. The van der Waals surface area contributed by atoms with Gasteiger partial charge >= 0.3 is 0 Å². The van der Waals surface area contributed by atoms with Crippen molar-refractivity contribution < 1.29 is 9.00 Å². The van der Waals surface area contributed by atoms with Gasteiger partial charge in [0.1, 0.15) is 5.69 Å². The predicted octanol–water partition coefficient (Wildman–Crippen LogP) is 1.71. The van der Waals surface area contributed by atoms with Crippen LogP contribution in [0.4, 0.5) is 0 Å². The maximum Gasteiger partial charge on any atom is 0.272 e. The number of aromatic nitrogens is 2. The maximum absolute atomic E-state index is 12.8. The van der Waals surface area contributed by atoms with Gasteiger partial charge in [0.05, 0.1) is 11.9 Å². The molecule has 1 saturated heterocycles. The van der Waals surface area contributed by atoms with Crippen LogP contribution in [0.1, 0.15) is 17.4 Å². The van der Waals surface area contributed by atoms with Crippen LogP contribution in [0.25, 0.3) is 5.69 Å². The minimum absolute atomic E-state index is 0.0490. The summed E-state index contributed by atoms with van der Waals surface area (Å²) in [7, 11) is -0.829. The van der Waals surface area contributed by atoms with Crippen molar-refractivity contribution in [3.63, 3.8) is 0 Å². The van der Waals surface area contributed by atoms with Crippen molar-refractivity contribution in [1.82, 2.24) is 14.7 Å². The van der Waals surface area contributed by atoms with Crippen LogP contribution in [0.2, 0.25) is 0 Å². The normalized spacial score (nSPS) is 22.3. The molecule has 1 aromatic heterocycles. The molecule has 0 saturated carbocycles. The fraction of sp³-hybridized carbons (Fsp3) is 0.375. The number of carbonyl (C=O) groups excluding carboxylic acids is 1. The predicted molar refractivity (Wildman–Crippen MR) is 86.5 cm³/mol. The van der Waals surface area contributed by atoms with Gasteiger partial charge in [0, 0.05) is 35.4 Å². The first-order valence-corrected chi connectivity index (χ1v) is 8.87. The first kappa shape index (κ1) is 15.0. The Morgan fingerprint density at radius 1 is 1.27 bits per heavy atom. The van der Waals surface area contributed by atoms with Gasteiger partial charge in [0.15, 0.2) is 0 Å². The summed E-state index contributed by atoms with van der Waals surface area (Å²) in [4.78, 5) is 14.6. The van der Waals surface area contributed by atoms with Crippen LogP contribution < -0.4 is 0 Å². The van der Waals surface area contributed by atoms with Crippen molar-refractivity contribution in [2.75, 3.05) is 24.6 Å². The molecule has 6 heteroatoms. The lowest BCUT2D eigenvalue weighted by atomic mass is 10.2. The molecule has 2 atom stereocenters. The zero-order chi connectivity index (χ0) is 15.5. The zero-order valence-corrected chi connectivity index (χ0v) is 13.3. The Morgan fingerprint density at radius 2 is 2.05 bits per heavy atom. The lowest BCUT2D eigenvalue weighted by Gasteiger charge is -2.22. The van der Waals surface area contributed by atoms with E-state index in [9.17, 15) is 9.00 Å². The summed E-state index contributed by atoms with van der Waals surface area (Å²) in [5.41, 5.74) is 1.41. The molecule has 1 fully saturated rings. The van der Waals surface area contributed by atoms with E-state index >= 15 is 0 Å². The van der Waals surface area contributed by atoms with Crippen LogP contribution in [0, 0.1) is 5.92 Å². The Hall–Kier alpha value is -1.95. The van der Waals surface area contributed by atoms with Crippen molar-refractivity contribution in [2.45, 2.75) is 6.92 Å². The Bertz CT molecular complexity index is 684. The van der Waals surface area contributed by atoms with Crippen LogP contribution in [-0.2, 0) is 10.8 Å². The second-order valence-corrected chi connectivity index (χ2v) is 7.25. The van der Waals surface area contributed by atoms with Crippen molar-refractivity contribution in [1.29, 1.82) is 0 Å². The number of amides is 1. The topological polar surface area (TPSA) is 55.2 Å². The molecule has 1 amide bonds. The summed E-state index contributed by atoms with van der Waals surface area (Å²) in [6.45, 7) is 3.22. The molecule has 0 unspecified atom stereocenters. The molecule has 3 rings (SSSR count). The summed E-state index contributed by atoms with van der Waals surface area (Å²) in [5, 5.41) is 4.27. The van der Waals surface area contributed by atoms with Crippen molar-refractivity contribution in [3.8, 4) is 5.69 Å². The number of nitrogens with zero attached hydrogens (tertiary/aromatic N) is 3. The van der Waals surface area contributed by atoms with E-state index < -0.39 is 10.8 Å². The molecular weight excluding hydrogens is 298 g/mol. The molecule has 0 N–H and O–H groups in total. The summed E-state index contributed by atoms with van der Waals surface area (Å²) in [5.74, 6) is 1.42. The maximum atomic E-state index is 12.8. The molecule has 2 heterocycles. The lowest BCUT2D eigenvalue weighted by Crippen LogP contribution is -2.36. The molecular formula is C16H19N3O2S. The van der Waals surface area contributed by atoms with Crippen molar-refractivity contribution in [3.05, 3.63) is 48.3 Å². The van der Waals surface area contributed by atoms with E-state index in [2.05, 4.69) is 5.10 Å². The van der Waals surface area contributed by atoms with Gasteiger partial charge in [-0.05, 0) is 24.1 Å². The molecule has 0 spiro atoms. The van der Waals surface area contributed by atoms with Crippen LogP contribution in [0.15, 0.2) is 42.6 Å². The molecule has 2 aromatic rings. The second kappa shape index (κ2) is 6.44. The number of hydrogen-bond acceptors (Lipinski definition) is 3. The van der Waals surface area contributed by atoms with Gasteiger partial charge < -0.3 is 4.90 Å². The Labute approximate surface area is 132 Å². The number of benzene rings is 1. The molecule has 0 radical (unpaired) electrons. The third kappa shape index (κ3) is 3.11. The van der Waals surface area contributed by atoms with Gasteiger partial charge in [0.25, 0.3) is 5.91 Å². The number of hydrogen-bond donors (Lipinski definition) is 0. The number of carbonyl (C=O) groups is 1. The van der Waals surface area contributed by atoms with E-state index in [1.807, 2.05) is 37.3 Å². The average Bonchev–Trinajstić information content (AvgIpc) is 2.94. The number of para-hydroxylation sites is 1. The van der Waals surface area contributed by atoms with Gasteiger partial charge in [0.2, 0.25) is 0 Å². The highest BCUT2D eigenvalue weighted by Crippen LogP contribution is 2.15. The minimum atomic E-state index is -0.829. The molecule has 0 bridgehead atoms. The standard InChI is InChI=1S/C16H19N3O2S/c1-13-11-18(9-10-22(21)12-13)16(20)15-7-8-17-19(15)14-5-3-2-4-6-14/h2-8,13H,9-12H2,1H3/t13-,22-/m0/s1. The smallest absolute Gasteiger partial charge is 0.272 e. The van der Waals surface area contributed by atoms with Crippen LogP contribution in [-0.4, -0.2) is 49.4 Å². The minimum Gasteiger partial charge on any atom is -0.336 e.